The Labute approximate surface area is 138 Å². The van der Waals surface area contributed by atoms with E-state index in [9.17, 15) is 23.1 Å². The number of halogens is 1. The fourth-order valence-corrected chi connectivity index (χ4v) is 5.42. The van der Waals surface area contributed by atoms with Gasteiger partial charge in [-0.2, -0.15) is 0 Å². The Balaban J connectivity index is 2.25. The van der Waals surface area contributed by atoms with Crippen molar-refractivity contribution in [1.29, 1.82) is 0 Å². The van der Waals surface area contributed by atoms with Crippen LogP contribution in [0.15, 0.2) is 16.5 Å². The molecule has 0 radical (unpaired) electrons. The first-order valence-corrected chi connectivity index (χ1v) is 9.32. The first-order chi connectivity index (χ1) is 10.7. The average Bonchev–Trinajstić information content (AvgIpc) is 2.79. The second-order valence-corrected chi connectivity index (χ2v) is 8.28. The number of allylic oxidation sites excluding steroid dienone is 1. The first-order valence-electron chi connectivity index (χ1n) is 7.28. The number of hydrogen-bond acceptors (Lipinski definition) is 5. The number of ketones is 2. The van der Waals surface area contributed by atoms with Crippen molar-refractivity contribution in [3.8, 4) is 0 Å². The summed E-state index contributed by atoms with van der Waals surface area (Å²) in [7, 11) is -3.36. The van der Waals surface area contributed by atoms with Crippen molar-refractivity contribution in [2.75, 3.05) is 5.75 Å². The van der Waals surface area contributed by atoms with Crippen LogP contribution in [0.2, 0.25) is 5.02 Å². The van der Waals surface area contributed by atoms with Gasteiger partial charge in [0.15, 0.2) is 21.4 Å². The summed E-state index contributed by atoms with van der Waals surface area (Å²) >= 11 is 6.28. The average molecular weight is 355 g/mol. The molecule has 0 aromatic heterocycles. The monoisotopic (exact) mass is 354 g/mol. The summed E-state index contributed by atoms with van der Waals surface area (Å²) in [6, 6.07) is 1.43. The third kappa shape index (κ3) is 2.50. The maximum atomic E-state index is 12.1. The fraction of sp³-hybridized carbons (Fsp3) is 0.375. The molecule has 1 aliphatic carbocycles. The molecule has 2 aliphatic rings. The molecule has 1 aliphatic heterocycles. The van der Waals surface area contributed by atoms with Gasteiger partial charge in [0, 0.05) is 18.4 Å². The summed E-state index contributed by atoms with van der Waals surface area (Å²) in [6.07, 6.45) is 1.15. The lowest BCUT2D eigenvalue weighted by molar-refractivity contribution is -0.123. The van der Waals surface area contributed by atoms with Gasteiger partial charge in [0.2, 0.25) is 0 Å². The van der Waals surface area contributed by atoms with E-state index in [0.717, 1.165) is 0 Å². The van der Waals surface area contributed by atoms with E-state index in [-0.39, 0.29) is 46.1 Å². The van der Waals surface area contributed by atoms with Crippen LogP contribution >= 0.6 is 11.6 Å². The third-order valence-electron chi connectivity index (χ3n) is 4.28. The minimum absolute atomic E-state index is 0.0262. The maximum Gasteiger partial charge on any atom is 0.179 e. The van der Waals surface area contributed by atoms with Crippen LogP contribution < -0.4 is 0 Å². The highest BCUT2D eigenvalue weighted by molar-refractivity contribution is 7.91. The molecule has 1 saturated carbocycles. The number of Topliss-reactive ketones (excluding diaryl/α,β-unsaturated/α-hetero) is 2. The van der Waals surface area contributed by atoms with Gasteiger partial charge in [-0.3, -0.25) is 9.59 Å². The van der Waals surface area contributed by atoms with Gasteiger partial charge in [0.05, 0.1) is 15.7 Å². The van der Waals surface area contributed by atoms with E-state index in [4.69, 9.17) is 11.6 Å². The molecular formula is C16H15ClO5S. The summed E-state index contributed by atoms with van der Waals surface area (Å²) in [6.45, 7) is 1.62. The topological polar surface area (TPSA) is 88.5 Å². The van der Waals surface area contributed by atoms with Gasteiger partial charge in [-0.15, -0.1) is 0 Å². The van der Waals surface area contributed by atoms with E-state index in [1.165, 1.54) is 6.07 Å². The SMILES string of the molecule is Cc1cc(C(O)=C2C(=O)CCCC2=O)c(Cl)c2c1S(=O)(=O)CC2. The Morgan fingerprint density at radius 3 is 2.39 bits per heavy atom. The van der Waals surface area contributed by atoms with Crippen molar-refractivity contribution >= 4 is 38.8 Å². The number of benzene rings is 1. The van der Waals surface area contributed by atoms with Gasteiger partial charge >= 0.3 is 0 Å². The number of sulfone groups is 1. The van der Waals surface area contributed by atoms with Crippen molar-refractivity contribution in [1.82, 2.24) is 0 Å². The number of fused-ring (bicyclic) bond motifs is 1. The predicted molar refractivity (Wildman–Crippen MR) is 85.4 cm³/mol. The van der Waals surface area contributed by atoms with E-state index in [2.05, 4.69) is 0 Å². The largest absolute Gasteiger partial charge is 0.506 e. The summed E-state index contributed by atoms with van der Waals surface area (Å²) < 4.78 is 24.1. The fourth-order valence-electron chi connectivity index (χ4n) is 3.23. The van der Waals surface area contributed by atoms with Gasteiger partial charge < -0.3 is 5.11 Å². The van der Waals surface area contributed by atoms with E-state index >= 15 is 0 Å². The number of carbonyl (C=O) groups excluding carboxylic acids is 2. The molecule has 1 aromatic carbocycles. The molecule has 1 aromatic rings. The molecule has 5 nitrogen and oxygen atoms in total. The smallest absolute Gasteiger partial charge is 0.179 e. The van der Waals surface area contributed by atoms with Crippen molar-refractivity contribution in [2.24, 2.45) is 0 Å². The molecule has 0 bridgehead atoms. The van der Waals surface area contributed by atoms with Crippen LogP contribution in [0, 0.1) is 6.92 Å². The number of aliphatic hydroxyl groups is 1. The zero-order chi connectivity index (χ0) is 16.9. The van der Waals surface area contributed by atoms with Crippen LogP contribution in [0.25, 0.3) is 5.76 Å². The molecule has 1 N–H and O–H groups in total. The number of aryl methyl sites for hydroxylation is 1. The van der Waals surface area contributed by atoms with E-state index in [1.54, 1.807) is 6.92 Å². The minimum Gasteiger partial charge on any atom is -0.506 e. The molecule has 3 rings (SSSR count). The standard InChI is InChI=1S/C16H15ClO5S/c1-8-7-10(14(17)9-5-6-23(21,22)16(8)9)15(20)13-11(18)3-2-4-12(13)19/h7,20H,2-6H2,1H3. The van der Waals surface area contributed by atoms with Crippen LogP contribution in [0.4, 0.5) is 0 Å². The van der Waals surface area contributed by atoms with E-state index in [1.807, 2.05) is 0 Å². The third-order valence-corrected chi connectivity index (χ3v) is 6.65. The Hall–Kier alpha value is -1.66. The molecule has 23 heavy (non-hydrogen) atoms. The minimum atomic E-state index is -3.36. The lowest BCUT2D eigenvalue weighted by Gasteiger charge is -2.16. The molecule has 1 heterocycles. The zero-order valence-corrected chi connectivity index (χ0v) is 14.1. The molecule has 7 heteroatoms. The quantitative estimate of drug-likeness (QED) is 0.475. The molecule has 0 atom stereocenters. The lowest BCUT2D eigenvalue weighted by Crippen LogP contribution is -2.20. The number of aliphatic hydroxyl groups excluding tert-OH is 1. The number of rotatable bonds is 1. The van der Waals surface area contributed by atoms with Crippen LogP contribution in [0.3, 0.4) is 0 Å². The first kappa shape index (κ1) is 16.2. The molecule has 0 spiro atoms. The number of hydrogen-bond donors (Lipinski definition) is 1. The van der Waals surface area contributed by atoms with Gasteiger partial charge in [0.1, 0.15) is 11.3 Å². The molecule has 0 unspecified atom stereocenters. The Kier molecular flexibility index (Phi) is 3.84. The molecule has 1 fully saturated rings. The Morgan fingerprint density at radius 1 is 1.17 bits per heavy atom. The number of carbonyl (C=O) groups is 2. The maximum absolute atomic E-state index is 12.1. The van der Waals surface area contributed by atoms with Crippen molar-refractivity contribution in [2.45, 2.75) is 37.5 Å². The Morgan fingerprint density at radius 2 is 1.78 bits per heavy atom. The van der Waals surface area contributed by atoms with Crippen molar-refractivity contribution in [3.63, 3.8) is 0 Å². The van der Waals surface area contributed by atoms with Crippen LogP contribution in [0.1, 0.15) is 36.0 Å². The van der Waals surface area contributed by atoms with E-state index in [0.29, 0.717) is 17.5 Å². The second-order valence-electron chi connectivity index (χ2n) is 5.86. The summed E-state index contributed by atoms with van der Waals surface area (Å²) in [5.41, 5.74) is 0.834. The molecule has 122 valence electrons. The van der Waals surface area contributed by atoms with Gasteiger partial charge in [-0.25, -0.2) is 8.42 Å². The molecular weight excluding hydrogens is 340 g/mol. The molecule has 0 amide bonds. The highest BCUT2D eigenvalue weighted by Gasteiger charge is 2.34. The van der Waals surface area contributed by atoms with Gasteiger partial charge in [-0.1, -0.05) is 11.6 Å². The van der Waals surface area contributed by atoms with Crippen molar-refractivity contribution < 1.29 is 23.1 Å². The van der Waals surface area contributed by atoms with Crippen LogP contribution in [-0.2, 0) is 25.8 Å². The predicted octanol–water partition coefficient (Wildman–Crippen LogP) is 2.57. The highest BCUT2D eigenvalue weighted by atomic mass is 35.5. The Bertz CT molecular complexity index is 862. The van der Waals surface area contributed by atoms with Gasteiger partial charge in [0.25, 0.3) is 0 Å². The zero-order valence-electron chi connectivity index (χ0n) is 12.5. The van der Waals surface area contributed by atoms with E-state index < -0.39 is 27.2 Å². The van der Waals surface area contributed by atoms with Crippen LogP contribution in [0.5, 0.6) is 0 Å². The van der Waals surface area contributed by atoms with Crippen LogP contribution in [-0.4, -0.2) is 30.8 Å². The summed E-state index contributed by atoms with van der Waals surface area (Å²) in [4.78, 5) is 24.1. The highest BCUT2D eigenvalue weighted by Crippen LogP contribution is 2.39. The lowest BCUT2D eigenvalue weighted by atomic mass is 9.89. The summed E-state index contributed by atoms with van der Waals surface area (Å²) in [5.74, 6) is -1.28. The molecule has 0 saturated heterocycles. The van der Waals surface area contributed by atoms with Crippen molar-refractivity contribution in [3.05, 3.63) is 33.4 Å². The normalized spacial score (nSPS) is 19.8. The summed E-state index contributed by atoms with van der Waals surface area (Å²) in [5, 5.41) is 10.6. The van der Waals surface area contributed by atoms with Gasteiger partial charge in [-0.05, 0) is 37.0 Å². The second kappa shape index (κ2) is 5.46.